The molecule has 4 rings (SSSR count). The Morgan fingerprint density at radius 1 is 1.10 bits per heavy atom. The Hall–Kier alpha value is -3.25. The largest absolute Gasteiger partial charge is 0.497 e. The van der Waals surface area contributed by atoms with Crippen LogP contribution in [0.15, 0.2) is 59.4 Å². The lowest BCUT2D eigenvalue weighted by Crippen LogP contribution is -2.17. The van der Waals surface area contributed by atoms with Crippen LogP contribution >= 0.6 is 11.6 Å². The van der Waals surface area contributed by atoms with Gasteiger partial charge in [-0.15, -0.1) is 0 Å². The van der Waals surface area contributed by atoms with E-state index in [2.05, 4.69) is 31.1 Å². The zero-order chi connectivity index (χ0) is 22.2. The van der Waals surface area contributed by atoms with E-state index in [1.54, 1.807) is 11.8 Å². The summed E-state index contributed by atoms with van der Waals surface area (Å²) < 4.78 is 6.96. The Bertz CT molecular complexity index is 1270. The minimum atomic E-state index is -0.200. The van der Waals surface area contributed by atoms with Crippen molar-refractivity contribution in [3.05, 3.63) is 81.2 Å². The molecule has 2 heterocycles. The summed E-state index contributed by atoms with van der Waals surface area (Å²) >= 11 is 6.04. The Morgan fingerprint density at radius 3 is 2.39 bits per heavy atom. The predicted molar refractivity (Wildman–Crippen MR) is 126 cm³/mol. The molecule has 7 heteroatoms. The van der Waals surface area contributed by atoms with Gasteiger partial charge in [-0.2, -0.15) is 5.10 Å². The molecular formula is C24H25ClN4O2. The van der Waals surface area contributed by atoms with Gasteiger partial charge in [-0.05, 0) is 54.6 Å². The summed E-state index contributed by atoms with van der Waals surface area (Å²) in [5.74, 6) is 0.786. The van der Waals surface area contributed by atoms with Crippen molar-refractivity contribution in [1.29, 1.82) is 0 Å². The average molecular weight is 437 g/mol. The van der Waals surface area contributed by atoms with Crippen molar-refractivity contribution in [2.24, 2.45) is 0 Å². The summed E-state index contributed by atoms with van der Waals surface area (Å²) in [7, 11) is 1.63. The van der Waals surface area contributed by atoms with Crippen LogP contribution in [0.2, 0.25) is 5.02 Å². The topological polar surface area (TPSA) is 71.9 Å². The zero-order valence-electron chi connectivity index (χ0n) is 18.0. The number of methoxy groups -OCH3 is 1. The van der Waals surface area contributed by atoms with Crippen LogP contribution < -0.4 is 15.6 Å². The predicted octanol–water partition coefficient (Wildman–Crippen LogP) is 5.29. The van der Waals surface area contributed by atoms with E-state index in [-0.39, 0.29) is 11.0 Å². The number of halogens is 1. The van der Waals surface area contributed by atoms with Gasteiger partial charge < -0.3 is 15.0 Å². The molecule has 31 heavy (non-hydrogen) atoms. The number of nitrogens with one attached hydrogen (secondary N) is 2. The van der Waals surface area contributed by atoms with Gasteiger partial charge in [0.15, 0.2) is 0 Å². The second-order valence-electron chi connectivity index (χ2n) is 8.45. The van der Waals surface area contributed by atoms with Gasteiger partial charge in [0.1, 0.15) is 11.4 Å². The Labute approximate surface area is 185 Å². The molecule has 160 valence electrons. The van der Waals surface area contributed by atoms with Crippen LogP contribution in [0.4, 0.5) is 5.69 Å². The van der Waals surface area contributed by atoms with E-state index in [1.165, 1.54) is 0 Å². The molecule has 4 aromatic rings. The van der Waals surface area contributed by atoms with E-state index in [4.69, 9.17) is 21.4 Å². The third kappa shape index (κ3) is 4.30. The van der Waals surface area contributed by atoms with E-state index in [0.29, 0.717) is 22.8 Å². The number of nitrogens with zero attached hydrogens (tertiary/aromatic N) is 2. The molecule has 6 nitrogen and oxygen atoms in total. The van der Waals surface area contributed by atoms with Crippen molar-refractivity contribution in [2.45, 2.75) is 32.7 Å². The van der Waals surface area contributed by atoms with Crippen LogP contribution in [0.1, 0.15) is 32.0 Å². The van der Waals surface area contributed by atoms with E-state index >= 15 is 0 Å². The lowest BCUT2D eigenvalue weighted by Gasteiger charge is -2.15. The monoisotopic (exact) mass is 436 g/mol. The molecule has 0 saturated carbocycles. The van der Waals surface area contributed by atoms with Crippen molar-refractivity contribution in [1.82, 2.24) is 14.8 Å². The number of ether oxygens (including phenoxy) is 1. The molecule has 2 aromatic carbocycles. The second kappa shape index (κ2) is 8.12. The van der Waals surface area contributed by atoms with Crippen LogP contribution in [-0.2, 0) is 12.0 Å². The summed E-state index contributed by atoms with van der Waals surface area (Å²) in [5, 5.41) is 9.73. The quantitative estimate of drug-likeness (QED) is 0.446. The van der Waals surface area contributed by atoms with Gasteiger partial charge in [0.25, 0.3) is 5.56 Å². The van der Waals surface area contributed by atoms with Crippen LogP contribution in [-0.4, -0.2) is 21.9 Å². The van der Waals surface area contributed by atoms with Gasteiger partial charge in [0, 0.05) is 33.6 Å². The van der Waals surface area contributed by atoms with E-state index in [0.717, 1.165) is 28.2 Å². The van der Waals surface area contributed by atoms with Gasteiger partial charge in [-0.25, -0.2) is 4.68 Å². The van der Waals surface area contributed by atoms with Gasteiger partial charge in [0.05, 0.1) is 18.5 Å². The van der Waals surface area contributed by atoms with E-state index < -0.39 is 0 Å². The molecule has 0 saturated heterocycles. The van der Waals surface area contributed by atoms with Crippen LogP contribution in [0.3, 0.4) is 0 Å². The Morgan fingerprint density at radius 2 is 1.77 bits per heavy atom. The fraction of sp³-hybridized carbons (Fsp3) is 0.250. The molecule has 0 aliphatic heterocycles. The first kappa shape index (κ1) is 21.0. The summed E-state index contributed by atoms with van der Waals surface area (Å²) in [6.45, 7) is 6.73. The lowest BCUT2D eigenvalue weighted by molar-refractivity contribution is 0.415. The van der Waals surface area contributed by atoms with Crippen molar-refractivity contribution >= 4 is 28.3 Å². The van der Waals surface area contributed by atoms with Crippen molar-refractivity contribution in [2.75, 3.05) is 12.4 Å². The highest BCUT2D eigenvalue weighted by Gasteiger charge is 2.24. The second-order valence-corrected chi connectivity index (χ2v) is 8.89. The lowest BCUT2D eigenvalue weighted by atomic mass is 9.90. The van der Waals surface area contributed by atoms with Crippen LogP contribution in [0, 0.1) is 0 Å². The summed E-state index contributed by atoms with van der Waals surface area (Å²) in [5.41, 5.74) is 3.63. The number of aromatic amines is 1. The number of pyridine rings is 1. The molecule has 0 aliphatic rings. The summed E-state index contributed by atoms with van der Waals surface area (Å²) in [4.78, 5) is 15.9. The first-order chi connectivity index (χ1) is 14.8. The van der Waals surface area contributed by atoms with Crippen molar-refractivity contribution in [3.63, 3.8) is 0 Å². The minimum Gasteiger partial charge on any atom is -0.497 e. The smallest absolute Gasteiger partial charge is 0.254 e. The third-order valence-electron chi connectivity index (χ3n) is 5.12. The van der Waals surface area contributed by atoms with Gasteiger partial charge in [-0.3, -0.25) is 4.79 Å². The van der Waals surface area contributed by atoms with E-state index in [1.807, 2.05) is 54.6 Å². The average Bonchev–Trinajstić information content (AvgIpc) is 3.11. The fourth-order valence-corrected chi connectivity index (χ4v) is 3.60. The van der Waals surface area contributed by atoms with Crippen molar-refractivity contribution < 1.29 is 4.74 Å². The van der Waals surface area contributed by atoms with Gasteiger partial charge in [0.2, 0.25) is 0 Å². The molecular weight excluding hydrogens is 412 g/mol. The van der Waals surface area contributed by atoms with Crippen LogP contribution in [0.25, 0.3) is 16.7 Å². The number of benzene rings is 2. The maximum Gasteiger partial charge on any atom is 0.254 e. The molecule has 0 amide bonds. The maximum absolute atomic E-state index is 12.9. The number of aromatic nitrogens is 3. The summed E-state index contributed by atoms with van der Waals surface area (Å²) in [6.07, 6.45) is 0. The highest BCUT2D eigenvalue weighted by Crippen LogP contribution is 2.30. The molecule has 2 N–H and O–H groups in total. The Balaban J connectivity index is 1.75. The number of rotatable bonds is 5. The number of anilines is 1. The molecule has 0 radical (unpaired) electrons. The maximum atomic E-state index is 12.9. The van der Waals surface area contributed by atoms with Crippen molar-refractivity contribution in [3.8, 4) is 11.4 Å². The Kier molecular flexibility index (Phi) is 5.50. The SMILES string of the molecule is COc1ccc(NCc2cc3c(C(C)(C)C)nn(-c4ccc(Cl)cc4)c3[nH]c2=O)cc1. The highest BCUT2D eigenvalue weighted by atomic mass is 35.5. The van der Waals surface area contributed by atoms with Crippen LogP contribution in [0.5, 0.6) is 5.75 Å². The number of hydrogen-bond acceptors (Lipinski definition) is 4. The number of H-pyrrole nitrogens is 1. The molecule has 0 atom stereocenters. The number of hydrogen-bond donors (Lipinski definition) is 2. The zero-order valence-corrected chi connectivity index (χ0v) is 18.7. The minimum absolute atomic E-state index is 0.149. The first-order valence-electron chi connectivity index (χ1n) is 10.1. The standard InChI is InChI=1S/C24H25ClN4O2/c1-24(2,3)21-20-13-15(14-26-17-7-11-19(31-4)12-8-17)23(30)27-22(20)29(28-21)18-9-5-16(25)6-10-18/h5-13,26H,14H2,1-4H3,(H,27,30). The highest BCUT2D eigenvalue weighted by molar-refractivity contribution is 6.30. The molecule has 0 aliphatic carbocycles. The first-order valence-corrected chi connectivity index (χ1v) is 10.4. The molecule has 2 aromatic heterocycles. The normalized spacial score (nSPS) is 11.6. The van der Waals surface area contributed by atoms with Gasteiger partial charge >= 0.3 is 0 Å². The molecule has 0 unspecified atom stereocenters. The molecule has 0 spiro atoms. The van der Waals surface area contributed by atoms with Gasteiger partial charge in [-0.1, -0.05) is 32.4 Å². The summed E-state index contributed by atoms with van der Waals surface area (Å²) in [6, 6.07) is 16.9. The third-order valence-corrected chi connectivity index (χ3v) is 5.37. The molecule has 0 fully saturated rings. The number of fused-ring (bicyclic) bond motifs is 1. The fourth-order valence-electron chi connectivity index (χ4n) is 3.48. The van der Waals surface area contributed by atoms with E-state index in [9.17, 15) is 4.79 Å². The molecule has 0 bridgehead atoms.